The first kappa shape index (κ1) is 25.0. The van der Waals surface area contributed by atoms with Crippen LogP contribution in [0.4, 0.5) is 0 Å². The monoisotopic (exact) mass is 462 g/mol. The van der Waals surface area contributed by atoms with Crippen molar-refractivity contribution in [1.82, 2.24) is 0 Å². The number of hydrogen-bond donors (Lipinski definition) is 0. The van der Waals surface area contributed by atoms with Crippen molar-refractivity contribution in [3.8, 4) is 22.6 Å². The standard InChI is InChI=1S/C28H30O6/c1-5-27(30)32-17-20-6-8-21(9-7-20)22-10-12-23(13-11-22)24-14-15-25(33-19(4)29)26(16-24)34-28(31)18(2)3/h5,10-16,20-21H,1-2,6-9,17H2,3-4H3. The highest BCUT2D eigenvalue weighted by Crippen LogP contribution is 2.38. The molecule has 0 saturated heterocycles. The molecular formula is C28H30O6. The van der Waals surface area contributed by atoms with Gasteiger partial charge in [0.1, 0.15) is 0 Å². The molecule has 0 bridgehead atoms. The molecule has 34 heavy (non-hydrogen) atoms. The maximum atomic E-state index is 12.0. The molecule has 0 N–H and O–H groups in total. The lowest BCUT2D eigenvalue weighted by molar-refractivity contribution is -0.139. The van der Waals surface area contributed by atoms with Gasteiger partial charge in [0.15, 0.2) is 11.5 Å². The summed E-state index contributed by atoms with van der Waals surface area (Å²) in [6.07, 6.45) is 5.34. The van der Waals surface area contributed by atoms with E-state index in [0.717, 1.165) is 36.8 Å². The number of carbonyl (C=O) groups excluding carboxylic acids is 3. The van der Waals surface area contributed by atoms with Crippen molar-refractivity contribution in [3.63, 3.8) is 0 Å². The highest BCUT2D eigenvalue weighted by molar-refractivity contribution is 5.89. The van der Waals surface area contributed by atoms with E-state index in [4.69, 9.17) is 14.2 Å². The second-order valence-corrected chi connectivity index (χ2v) is 8.60. The summed E-state index contributed by atoms with van der Waals surface area (Å²) >= 11 is 0. The van der Waals surface area contributed by atoms with Crippen molar-refractivity contribution >= 4 is 17.9 Å². The van der Waals surface area contributed by atoms with E-state index in [1.54, 1.807) is 19.1 Å². The molecule has 0 spiro atoms. The van der Waals surface area contributed by atoms with Crippen LogP contribution in [0.5, 0.6) is 11.5 Å². The Labute approximate surface area is 200 Å². The number of rotatable bonds is 8. The van der Waals surface area contributed by atoms with E-state index in [-0.39, 0.29) is 23.0 Å². The lowest BCUT2D eigenvalue weighted by Crippen LogP contribution is -2.19. The fourth-order valence-corrected chi connectivity index (χ4v) is 4.06. The van der Waals surface area contributed by atoms with E-state index in [1.807, 2.05) is 18.2 Å². The lowest BCUT2D eigenvalue weighted by Gasteiger charge is -2.28. The van der Waals surface area contributed by atoms with E-state index in [1.165, 1.54) is 18.6 Å². The fraction of sp³-hybridized carbons (Fsp3) is 0.321. The molecule has 6 heteroatoms. The maximum absolute atomic E-state index is 12.0. The van der Waals surface area contributed by atoms with E-state index in [9.17, 15) is 14.4 Å². The predicted molar refractivity (Wildman–Crippen MR) is 129 cm³/mol. The average molecular weight is 463 g/mol. The van der Waals surface area contributed by atoms with Gasteiger partial charge in [-0.05, 0) is 73.3 Å². The molecule has 2 aromatic carbocycles. The topological polar surface area (TPSA) is 78.9 Å². The summed E-state index contributed by atoms with van der Waals surface area (Å²) in [5.41, 5.74) is 3.31. The summed E-state index contributed by atoms with van der Waals surface area (Å²) < 4.78 is 15.8. The molecule has 178 valence electrons. The number of ether oxygens (including phenoxy) is 3. The number of hydrogen-bond acceptors (Lipinski definition) is 6. The molecule has 2 aromatic rings. The summed E-state index contributed by atoms with van der Waals surface area (Å²) in [4.78, 5) is 34.7. The van der Waals surface area contributed by atoms with Crippen LogP contribution in [0.1, 0.15) is 51.0 Å². The Hall–Kier alpha value is -3.67. The van der Waals surface area contributed by atoms with Gasteiger partial charge >= 0.3 is 17.9 Å². The zero-order valence-corrected chi connectivity index (χ0v) is 19.7. The van der Waals surface area contributed by atoms with Gasteiger partial charge in [0.05, 0.1) is 6.61 Å². The molecule has 0 heterocycles. The minimum absolute atomic E-state index is 0.167. The molecule has 0 aliphatic heterocycles. The van der Waals surface area contributed by atoms with Crippen LogP contribution in [0.2, 0.25) is 0 Å². The summed E-state index contributed by atoms with van der Waals surface area (Å²) in [5.74, 6) is -0.238. The smallest absolute Gasteiger partial charge is 0.338 e. The maximum Gasteiger partial charge on any atom is 0.338 e. The molecule has 0 unspecified atom stereocenters. The SMILES string of the molecule is C=CC(=O)OCC1CCC(c2ccc(-c3ccc(OC(C)=O)c(OC(=O)C(=C)C)c3)cc2)CC1. The van der Waals surface area contributed by atoms with Crippen molar-refractivity contribution in [2.24, 2.45) is 5.92 Å². The Kier molecular flexibility index (Phi) is 8.41. The Morgan fingerprint density at radius 1 is 0.912 bits per heavy atom. The number of carbonyl (C=O) groups is 3. The summed E-state index contributed by atoms with van der Waals surface area (Å²) in [7, 11) is 0. The third-order valence-corrected chi connectivity index (χ3v) is 5.94. The molecule has 1 aliphatic carbocycles. The molecule has 1 aliphatic rings. The van der Waals surface area contributed by atoms with Crippen LogP contribution in [0.15, 0.2) is 67.3 Å². The first-order valence-electron chi connectivity index (χ1n) is 11.4. The molecule has 0 radical (unpaired) electrons. The first-order chi connectivity index (χ1) is 16.3. The molecule has 1 fully saturated rings. The summed E-state index contributed by atoms with van der Waals surface area (Å²) in [5, 5.41) is 0. The number of esters is 3. The third-order valence-electron chi connectivity index (χ3n) is 5.94. The van der Waals surface area contributed by atoms with Gasteiger partial charge in [-0.2, -0.15) is 0 Å². The highest BCUT2D eigenvalue weighted by Gasteiger charge is 2.23. The quantitative estimate of drug-likeness (QED) is 0.282. The van der Waals surface area contributed by atoms with E-state index in [2.05, 4.69) is 25.3 Å². The molecule has 6 nitrogen and oxygen atoms in total. The van der Waals surface area contributed by atoms with E-state index >= 15 is 0 Å². The Morgan fingerprint density at radius 3 is 2.15 bits per heavy atom. The zero-order valence-electron chi connectivity index (χ0n) is 19.7. The van der Waals surface area contributed by atoms with Gasteiger partial charge in [0.2, 0.25) is 0 Å². The summed E-state index contributed by atoms with van der Waals surface area (Å²) in [6.45, 7) is 10.3. The van der Waals surface area contributed by atoms with Gasteiger partial charge in [0, 0.05) is 18.6 Å². The van der Waals surface area contributed by atoms with Crippen LogP contribution in [0.3, 0.4) is 0 Å². The minimum Gasteiger partial charge on any atom is -0.462 e. The van der Waals surface area contributed by atoms with Crippen molar-refractivity contribution in [1.29, 1.82) is 0 Å². The molecular weight excluding hydrogens is 432 g/mol. The fourth-order valence-electron chi connectivity index (χ4n) is 4.06. The Bertz CT molecular complexity index is 1070. The number of benzene rings is 2. The van der Waals surface area contributed by atoms with Gasteiger partial charge in [-0.15, -0.1) is 0 Å². The van der Waals surface area contributed by atoms with Crippen LogP contribution < -0.4 is 9.47 Å². The van der Waals surface area contributed by atoms with Crippen LogP contribution in [0, 0.1) is 5.92 Å². The van der Waals surface area contributed by atoms with Gasteiger partial charge in [0.25, 0.3) is 0 Å². The molecule has 1 saturated carbocycles. The van der Waals surface area contributed by atoms with Gasteiger partial charge in [-0.1, -0.05) is 43.5 Å². The van der Waals surface area contributed by atoms with Crippen LogP contribution in [0.25, 0.3) is 11.1 Å². The Morgan fingerprint density at radius 2 is 1.56 bits per heavy atom. The lowest BCUT2D eigenvalue weighted by atomic mass is 9.79. The molecule has 0 amide bonds. The van der Waals surface area contributed by atoms with Crippen molar-refractivity contribution in [2.45, 2.75) is 45.4 Å². The predicted octanol–water partition coefficient (Wildman–Crippen LogP) is 5.76. The van der Waals surface area contributed by atoms with Gasteiger partial charge in [-0.3, -0.25) is 4.79 Å². The van der Waals surface area contributed by atoms with Crippen LogP contribution >= 0.6 is 0 Å². The van der Waals surface area contributed by atoms with Crippen LogP contribution in [-0.4, -0.2) is 24.5 Å². The van der Waals surface area contributed by atoms with E-state index < -0.39 is 11.9 Å². The molecule has 0 aromatic heterocycles. The van der Waals surface area contributed by atoms with Crippen LogP contribution in [-0.2, 0) is 19.1 Å². The first-order valence-corrected chi connectivity index (χ1v) is 11.4. The highest BCUT2D eigenvalue weighted by atomic mass is 16.6. The Balaban J connectivity index is 1.70. The minimum atomic E-state index is -0.587. The average Bonchev–Trinajstić information content (AvgIpc) is 2.83. The van der Waals surface area contributed by atoms with Crippen molar-refractivity contribution in [2.75, 3.05) is 6.61 Å². The van der Waals surface area contributed by atoms with Crippen molar-refractivity contribution < 1.29 is 28.6 Å². The molecule has 3 rings (SSSR count). The summed E-state index contributed by atoms with van der Waals surface area (Å²) in [6, 6.07) is 13.4. The second kappa shape index (κ2) is 11.5. The second-order valence-electron chi connectivity index (χ2n) is 8.60. The van der Waals surface area contributed by atoms with Gasteiger partial charge in [-0.25, -0.2) is 9.59 Å². The largest absolute Gasteiger partial charge is 0.462 e. The zero-order chi connectivity index (χ0) is 24.7. The normalized spacial score (nSPS) is 17.4. The van der Waals surface area contributed by atoms with Crippen molar-refractivity contribution in [3.05, 3.63) is 72.8 Å². The van der Waals surface area contributed by atoms with E-state index in [0.29, 0.717) is 18.4 Å². The third kappa shape index (κ3) is 6.67. The van der Waals surface area contributed by atoms with Gasteiger partial charge < -0.3 is 14.2 Å². The molecule has 0 atom stereocenters.